The molecule has 7 nitrogen and oxygen atoms in total. The average molecular weight is 490 g/mol. The van der Waals surface area contributed by atoms with Crippen molar-refractivity contribution in [1.29, 1.82) is 0 Å². The van der Waals surface area contributed by atoms with Crippen LogP contribution in [0.25, 0.3) is 0 Å². The van der Waals surface area contributed by atoms with Gasteiger partial charge in [-0.3, -0.25) is 19.8 Å². The van der Waals surface area contributed by atoms with Crippen LogP contribution in [0, 0.1) is 15.9 Å². The summed E-state index contributed by atoms with van der Waals surface area (Å²) in [6.07, 6.45) is 0. The van der Waals surface area contributed by atoms with E-state index in [4.69, 9.17) is 16.3 Å². The van der Waals surface area contributed by atoms with Gasteiger partial charge in [0.1, 0.15) is 12.4 Å². The Morgan fingerprint density at radius 3 is 2.64 bits per heavy atom. The molecule has 0 spiro atoms. The van der Waals surface area contributed by atoms with Crippen LogP contribution in [0.2, 0.25) is 5.02 Å². The maximum absolute atomic E-state index is 13.2. The summed E-state index contributed by atoms with van der Waals surface area (Å²) >= 11 is 7.46. The van der Waals surface area contributed by atoms with Gasteiger partial charge < -0.3 is 9.64 Å². The van der Waals surface area contributed by atoms with Gasteiger partial charge in [-0.1, -0.05) is 29.8 Å². The molecule has 10 heteroatoms. The van der Waals surface area contributed by atoms with E-state index in [9.17, 15) is 19.3 Å². The molecule has 0 aliphatic carbocycles. The number of hydrogen-bond donors (Lipinski definition) is 0. The third-order valence-corrected chi connectivity index (χ3v) is 6.71. The summed E-state index contributed by atoms with van der Waals surface area (Å²) in [5, 5.41) is 13.3. The molecular formula is C23H21ClFN3O4S. The number of amides is 1. The number of hydrogen-bond acceptors (Lipinski definition) is 6. The Morgan fingerprint density at radius 1 is 1.15 bits per heavy atom. The van der Waals surface area contributed by atoms with Gasteiger partial charge in [0.15, 0.2) is 5.75 Å². The zero-order chi connectivity index (χ0) is 23.4. The number of nitrogens with zero attached hydrogens (tertiary/aromatic N) is 3. The predicted molar refractivity (Wildman–Crippen MR) is 124 cm³/mol. The van der Waals surface area contributed by atoms with Crippen LogP contribution in [-0.4, -0.2) is 46.8 Å². The molecule has 0 N–H and O–H groups in total. The Labute approximate surface area is 199 Å². The van der Waals surface area contributed by atoms with Gasteiger partial charge in [0, 0.05) is 49.4 Å². The summed E-state index contributed by atoms with van der Waals surface area (Å²) in [5.74, 6) is -0.211. The highest BCUT2D eigenvalue weighted by atomic mass is 35.5. The van der Waals surface area contributed by atoms with Crippen molar-refractivity contribution in [2.24, 2.45) is 0 Å². The first kappa shape index (κ1) is 23.2. The van der Waals surface area contributed by atoms with Crippen molar-refractivity contribution >= 4 is 34.5 Å². The molecule has 0 radical (unpaired) electrons. The number of piperazine rings is 1. The van der Waals surface area contributed by atoms with Crippen molar-refractivity contribution in [2.75, 3.05) is 26.2 Å². The van der Waals surface area contributed by atoms with E-state index in [1.54, 1.807) is 35.2 Å². The summed E-state index contributed by atoms with van der Waals surface area (Å²) in [7, 11) is 0. The van der Waals surface area contributed by atoms with E-state index in [1.807, 2.05) is 5.38 Å². The normalized spacial score (nSPS) is 14.3. The van der Waals surface area contributed by atoms with Gasteiger partial charge in [0.05, 0.1) is 9.80 Å². The molecule has 2 heterocycles. The standard InChI is InChI=1S/C23H21ClFN3O4S/c24-19-12-18(25)6-5-17(19)13-26-7-9-27(10-8-26)23(29)22-11-16(15-33-22)14-32-21-4-2-1-3-20(21)28(30)31/h1-6,11-12,15H,7-10,13-14H2. The molecule has 1 amide bonds. The predicted octanol–water partition coefficient (Wildman–Crippen LogP) is 4.99. The molecule has 33 heavy (non-hydrogen) atoms. The highest BCUT2D eigenvalue weighted by molar-refractivity contribution is 7.12. The lowest BCUT2D eigenvalue weighted by molar-refractivity contribution is -0.385. The molecule has 0 bridgehead atoms. The van der Waals surface area contributed by atoms with E-state index in [0.29, 0.717) is 42.6 Å². The van der Waals surface area contributed by atoms with Crippen molar-refractivity contribution in [3.8, 4) is 5.75 Å². The molecule has 172 valence electrons. The van der Waals surface area contributed by atoms with Crippen LogP contribution in [0.4, 0.5) is 10.1 Å². The zero-order valence-corrected chi connectivity index (χ0v) is 19.2. The number of para-hydroxylation sites is 2. The van der Waals surface area contributed by atoms with Gasteiger partial charge in [0.2, 0.25) is 0 Å². The van der Waals surface area contributed by atoms with Gasteiger partial charge >= 0.3 is 5.69 Å². The molecule has 0 saturated carbocycles. The first-order valence-corrected chi connectivity index (χ1v) is 11.6. The fraction of sp³-hybridized carbons (Fsp3) is 0.261. The van der Waals surface area contributed by atoms with E-state index in [2.05, 4.69) is 4.90 Å². The van der Waals surface area contributed by atoms with Gasteiger partial charge in [-0.05, 0) is 35.2 Å². The largest absolute Gasteiger partial charge is 0.482 e. The molecule has 0 unspecified atom stereocenters. The molecular weight excluding hydrogens is 469 g/mol. The van der Waals surface area contributed by atoms with Gasteiger partial charge in [0.25, 0.3) is 5.91 Å². The second-order valence-electron chi connectivity index (χ2n) is 7.64. The first-order chi connectivity index (χ1) is 15.9. The van der Waals surface area contributed by atoms with Crippen LogP contribution in [0.15, 0.2) is 53.9 Å². The summed E-state index contributed by atoms with van der Waals surface area (Å²) in [6.45, 7) is 3.29. The lowest BCUT2D eigenvalue weighted by atomic mass is 10.2. The second-order valence-corrected chi connectivity index (χ2v) is 8.96. The Balaban J connectivity index is 1.30. The molecule has 4 rings (SSSR count). The van der Waals surface area contributed by atoms with E-state index in [1.165, 1.54) is 29.5 Å². The lowest BCUT2D eigenvalue weighted by Gasteiger charge is -2.34. The van der Waals surface area contributed by atoms with Gasteiger partial charge in [-0.15, -0.1) is 11.3 Å². The van der Waals surface area contributed by atoms with Crippen molar-refractivity contribution in [3.63, 3.8) is 0 Å². The minimum atomic E-state index is -0.485. The first-order valence-electron chi connectivity index (χ1n) is 10.3. The maximum atomic E-state index is 13.2. The molecule has 0 atom stereocenters. The minimum absolute atomic E-state index is 0.0450. The highest BCUT2D eigenvalue weighted by Crippen LogP contribution is 2.28. The van der Waals surface area contributed by atoms with Crippen molar-refractivity contribution in [3.05, 3.63) is 90.9 Å². The van der Waals surface area contributed by atoms with E-state index in [0.717, 1.165) is 11.1 Å². The van der Waals surface area contributed by atoms with Crippen LogP contribution in [-0.2, 0) is 13.2 Å². The molecule has 1 saturated heterocycles. The van der Waals surface area contributed by atoms with Crippen molar-refractivity contribution in [2.45, 2.75) is 13.2 Å². The Bertz CT molecular complexity index is 1160. The van der Waals surface area contributed by atoms with Gasteiger partial charge in [-0.25, -0.2) is 4.39 Å². The van der Waals surface area contributed by atoms with Crippen LogP contribution in [0.3, 0.4) is 0 Å². The molecule has 1 fully saturated rings. The number of rotatable bonds is 7. The van der Waals surface area contributed by atoms with Crippen LogP contribution in [0.1, 0.15) is 20.8 Å². The van der Waals surface area contributed by atoms with E-state index < -0.39 is 4.92 Å². The third kappa shape index (κ3) is 5.68. The van der Waals surface area contributed by atoms with Crippen LogP contribution >= 0.6 is 22.9 Å². The Kier molecular flexibility index (Phi) is 7.22. The molecule has 1 aliphatic heterocycles. The molecule has 3 aromatic rings. The third-order valence-electron chi connectivity index (χ3n) is 5.39. The van der Waals surface area contributed by atoms with E-state index >= 15 is 0 Å². The van der Waals surface area contributed by atoms with Gasteiger partial charge in [-0.2, -0.15) is 0 Å². The summed E-state index contributed by atoms with van der Waals surface area (Å²) in [5.41, 5.74) is 1.55. The lowest BCUT2D eigenvalue weighted by Crippen LogP contribution is -2.48. The fourth-order valence-electron chi connectivity index (χ4n) is 3.61. The number of halogens is 2. The SMILES string of the molecule is O=C(c1cc(COc2ccccc2[N+](=O)[O-])cs1)N1CCN(Cc2ccc(F)cc2Cl)CC1. The van der Waals surface area contributed by atoms with Crippen molar-refractivity contribution in [1.82, 2.24) is 9.80 Å². The average Bonchev–Trinajstić information content (AvgIpc) is 3.29. The molecule has 2 aromatic carbocycles. The topological polar surface area (TPSA) is 75.9 Å². The number of nitro benzene ring substituents is 1. The smallest absolute Gasteiger partial charge is 0.310 e. The summed E-state index contributed by atoms with van der Waals surface area (Å²) in [4.78, 5) is 28.1. The number of carbonyl (C=O) groups excluding carboxylic acids is 1. The maximum Gasteiger partial charge on any atom is 0.310 e. The molecule has 1 aliphatic rings. The number of carbonyl (C=O) groups is 1. The quantitative estimate of drug-likeness (QED) is 0.345. The van der Waals surface area contributed by atoms with Crippen LogP contribution in [0.5, 0.6) is 5.75 Å². The second kappa shape index (κ2) is 10.3. The minimum Gasteiger partial charge on any atom is -0.482 e. The monoisotopic (exact) mass is 489 g/mol. The fourth-order valence-corrected chi connectivity index (χ4v) is 4.70. The van der Waals surface area contributed by atoms with Crippen LogP contribution < -0.4 is 4.74 Å². The number of benzene rings is 2. The Morgan fingerprint density at radius 2 is 1.91 bits per heavy atom. The number of nitro groups is 1. The Hall–Kier alpha value is -3.01. The zero-order valence-electron chi connectivity index (χ0n) is 17.6. The number of thiophene rings is 1. The molecule has 1 aromatic heterocycles. The van der Waals surface area contributed by atoms with Crippen molar-refractivity contribution < 1.29 is 18.8 Å². The highest BCUT2D eigenvalue weighted by Gasteiger charge is 2.24. The van der Waals surface area contributed by atoms with E-state index in [-0.39, 0.29) is 29.8 Å². The summed E-state index contributed by atoms with van der Waals surface area (Å²) < 4.78 is 18.8. The number of ether oxygens (including phenoxy) is 1. The summed E-state index contributed by atoms with van der Waals surface area (Å²) in [6, 6.07) is 12.4.